The number of piperazine rings is 1. The fraction of sp³-hybridized carbons (Fsp3) is 0.357. The van der Waals surface area contributed by atoms with Crippen LogP contribution in [-0.2, 0) is 6.54 Å². The van der Waals surface area contributed by atoms with Gasteiger partial charge in [-0.3, -0.25) is 4.90 Å². The number of nitrogens with zero attached hydrogens (tertiary/aromatic N) is 2. The summed E-state index contributed by atoms with van der Waals surface area (Å²) < 4.78 is 11.4. The van der Waals surface area contributed by atoms with E-state index >= 15 is 0 Å². The van der Waals surface area contributed by atoms with Gasteiger partial charge in [0.15, 0.2) is 0 Å². The Bertz CT molecular complexity index is 987. The van der Waals surface area contributed by atoms with Crippen molar-refractivity contribution in [2.24, 2.45) is 0 Å². The van der Waals surface area contributed by atoms with Crippen LogP contribution < -0.4 is 19.7 Å². The minimum Gasteiger partial charge on any atom is -0.497 e. The summed E-state index contributed by atoms with van der Waals surface area (Å²) in [7, 11) is 1.70. The number of rotatable bonds is 10. The summed E-state index contributed by atoms with van der Waals surface area (Å²) in [5.74, 6) is 1.82. The van der Waals surface area contributed by atoms with E-state index in [1.54, 1.807) is 7.11 Å². The van der Waals surface area contributed by atoms with Crippen LogP contribution in [0, 0.1) is 0 Å². The van der Waals surface area contributed by atoms with E-state index in [1.807, 2.05) is 18.2 Å². The summed E-state index contributed by atoms with van der Waals surface area (Å²) in [6, 6.07) is 27.5. The lowest BCUT2D eigenvalue weighted by atomic mass is 10.1. The number of ether oxygens (including phenoxy) is 2. The van der Waals surface area contributed by atoms with Crippen LogP contribution in [0.5, 0.6) is 11.5 Å². The van der Waals surface area contributed by atoms with E-state index in [-0.39, 0.29) is 6.04 Å². The molecule has 0 amide bonds. The third-order valence-electron chi connectivity index (χ3n) is 6.27. The molecule has 0 saturated carbocycles. The number of hydrogen-bond acceptors (Lipinski definition) is 5. The van der Waals surface area contributed by atoms with Crippen molar-refractivity contribution in [2.75, 3.05) is 51.3 Å². The third-order valence-corrected chi connectivity index (χ3v) is 6.27. The Hall–Kier alpha value is -3.02. The van der Waals surface area contributed by atoms with Crippen LogP contribution >= 0.6 is 0 Å². The summed E-state index contributed by atoms with van der Waals surface area (Å²) in [6.07, 6.45) is 0. The summed E-state index contributed by atoms with van der Waals surface area (Å²) >= 11 is 0. The first-order valence-electron chi connectivity index (χ1n) is 11.8. The van der Waals surface area contributed by atoms with Crippen molar-refractivity contribution < 1.29 is 9.47 Å². The average Bonchev–Trinajstić information content (AvgIpc) is 2.88. The molecule has 3 aromatic carbocycles. The number of benzene rings is 3. The molecule has 0 radical (unpaired) electrons. The minimum atomic E-state index is 0.235. The van der Waals surface area contributed by atoms with Crippen LogP contribution in [0.3, 0.4) is 0 Å². The Morgan fingerprint density at radius 1 is 0.848 bits per heavy atom. The number of hydrogen-bond donors (Lipinski definition) is 1. The van der Waals surface area contributed by atoms with Gasteiger partial charge >= 0.3 is 0 Å². The van der Waals surface area contributed by atoms with Gasteiger partial charge in [0.05, 0.1) is 7.11 Å². The van der Waals surface area contributed by atoms with E-state index in [9.17, 15) is 0 Å². The smallest absolute Gasteiger partial charge is 0.119 e. The molecule has 3 aromatic rings. The maximum absolute atomic E-state index is 6.08. The maximum atomic E-state index is 6.08. The van der Waals surface area contributed by atoms with Gasteiger partial charge in [-0.2, -0.15) is 0 Å². The standard InChI is InChI=1S/C28H35N3O2/c1-23(25-9-7-12-27(21-25)32-2)29-22-24-8-6-13-28(20-24)33-19-18-30-14-16-31(17-15-30)26-10-4-3-5-11-26/h3-13,20-21,23,29H,14-19,22H2,1-2H3/t23-/m0/s1. The Balaban J connectivity index is 1.19. The molecule has 4 rings (SSSR count). The number of methoxy groups -OCH3 is 1. The highest BCUT2D eigenvalue weighted by Crippen LogP contribution is 2.20. The van der Waals surface area contributed by atoms with E-state index < -0.39 is 0 Å². The molecule has 1 atom stereocenters. The molecule has 1 fully saturated rings. The molecule has 5 nitrogen and oxygen atoms in total. The van der Waals surface area contributed by atoms with Crippen molar-refractivity contribution in [1.82, 2.24) is 10.2 Å². The Kier molecular flexibility index (Phi) is 8.23. The summed E-state index contributed by atoms with van der Waals surface area (Å²) in [5, 5.41) is 3.60. The lowest BCUT2D eigenvalue weighted by Crippen LogP contribution is -2.47. The Labute approximate surface area is 197 Å². The minimum absolute atomic E-state index is 0.235. The molecule has 0 unspecified atom stereocenters. The molecule has 174 valence electrons. The summed E-state index contributed by atoms with van der Waals surface area (Å²) in [6.45, 7) is 8.91. The predicted molar refractivity (Wildman–Crippen MR) is 135 cm³/mol. The fourth-order valence-electron chi connectivity index (χ4n) is 4.21. The van der Waals surface area contributed by atoms with E-state index in [1.165, 1.54) is 16.8 Å². The van der Waals surface area contributed by atoms with Crippen molar-refractivity contribution in [2.45, 2.75) is 19.5 Å². The van der Waals surface area contributed by atoms with Crippen LogP contribution in [0.4, 0.5) is 5.69 Å². The third kappa shape index (κ3) is 6.73. The molecule has 1 saturated heterocycles. The van der Waals surface area contributed by atoms with E-state index in [4.69, 9.17) is 9.47 Å². The first-order valence-corrected chi connectivity index (χ1v) is 11.8. The zero-order valence-corrected chi connectivity index (χ0v) is 19.7. The van der Waals surface area contributed by atoms with Crippen LogP contribution in [0.15, 0.2) is 78.9 Å². The molecular weight excluding hydrogens is 410 g/mol. The second kappa shape index (κ2) is 11.7. The van der Waals surface area contributed by atoms with Crippen molar-refractivity contribution in [3.63, 3.8) is 0 Å². The molecule has 0 bridgehead atoms. The summed E-state index contributed by atoms with van der Waals surface area (Å²) in [4.78, 5) is 4.95. The first-order chi connectivity index (χ1) is 16.2. The lowest BCUT2D eigenvalue weighted by molar-refractivity contribution is 0.200. The highest BCUT2D eigenvalue weighted by atomic mass is 16.5. The van der Waals surface area contributed by atoms with Gasteiger partial charge < -0.3 is 19.7 Å². The number of anilines is 1. The maximum Gasteiger partial charge on any atom is 0.119 e. The van der Waals surface area contributed by atoms with Gasteiger partial charge in [0.2, 0.25) is 0 Å². The molecule has 0 spiro atoms. The Morgan fingerprint density at radius 2 is 1.61 bits per heavy atom. The predicted octanol–water partition coefficient (Wildman–Crippen LogP) is 4.75. The van der Waals surface area contributed by atoms with Crippen LogP contribution in [0.25, 0.3) is 0 Å². The highest BCUT2D eigenvalue weighted by molar-refractivity contribution is 5.46. The van der Waals surface area contributed by atoms with E-state index in [0.717, 1.165) is 50.8 Å². The van der Waals surface area contributed by atoms with Crippen LogP contribution in [0.2, 0.25) is 0 Å². The average molecular weight is 446 g/mol. The fourth-order valence-corrected chi connectivity index (χ4v) is 4.21. The molecule has 1 aliphatic rings. The molecule has 1 aliphatic heterocycles. The van der Waals surface area contributed by atoms with Crippen LogP contribution in [0.1, 0.15) is 24.1 Å². The van der Waals surface area contributed by atoms with Gasteiger partial charge in [-0.1, -0.05) is 42.5 Å². The molecular formula is C28H35N3O2. The van der Waals surface area contributed by atoms with Gasteiger partial charge in [0, 0.05) is 51.0 Å². The van der Waals surface area contributed by atoms with E-state index in [2.05, 4.69) is 82.7 Å². The van der Waals surface area contributed by atoms with Gasteiger partial charge in [-0.25, -0.2) is 0 Å². The van der Waals surface area contributed by atoms with Crippen molar-refractivity contribution in [1.29, 1.82) is 0 Å². The second-order valence-corrected chi connectivity index (χ2v) is 8.54. The van der Waals surface area contributed by atoms with Gasteiger partial charge in [-0.05, 0) is 54.4 Å². The van der Waals surface area contributed by atoms with Gasteiger partial charge in [0.25, 0.3) is 0 Å². The lowest BCUT2D eigenvalue weighted by Gasteiger charge is -2.36. The molecule has 33 heavy (non-hydrogen) atoms. The number of nitrogens with one attached hydrogen (secondary N) is 1. The molecule has 1 N–H and O–H groups in total. The van der Waals surface area contributed by atoms with Crippen LogP contribution in [-0.4, -0.2) is 51.3 Å². The largest absolute Gasteiger partial charge is 0.497 e. The van der Waals surface area contributed by atoms with E-state index in [0.29, 0.717) is 6.61 Å². The normalized spacial score (nSPS) is 15.3. The van der Waals surface area contributed by atoms with Gasteiger partial charge in [0.1, 0.15) is 18.1 Å². The Morgan fingerprint density at radius 3 is 2.39 bits per heavy atom. The highest BCUT2D eigenvalue weighted by Gasteiger charge is 2.16. The monoisotopic (exact) mass is 445 g/mol. The van der Waals surface area contributed by atoms with Crippen molar-refractivity contribution in [3.8, 4) is 11.5 Å². The summed E-state index contributed by atoms with van der Waals surface area (Å²) in [5.41, 5.74) is 3.76. The number of para-hydroxylation sites is 1. The molecule has 0 aromatic heterocycles. The first kappa shape index (κ1) is 23.1. The topological polar surface area (TPSA) is 37.0 Å². The molecule has 0 aliphatic carbocycles. The molecule has 5 heteroatoms. The van der Waals surface area contributed by atoms with Crippen molar-refractivity contribution >= 4 is 5.69 Å². The van der Waals surface area contributed by atoms with Gasteiger partial charge in [-0.15, -0.1) is 0 Å². The van der Waals surface area contributed by atoms with Crippen molar-refractivity contribution in [3.05, 3.63) is 90.0 Å². The zero-order chi connectivity index (χ0) is 22.9. The second-order valence-electron chi connectivity index (χ2n) is 8.54. The zero-order valence-electron chi connectivity index (χ0n) is 19.7. The molecule has 1 heterocycles. The quantitative estimate of drug-likeness (QED) is 0.488. The SMILES string of the molecule is COc1cccc([C@H](C)NCc2cccc(OCCN3CCN(c4ccccc4)CC3)c2)c1.